The number of benzene rings is 1. The molecular formula is C14H20O6. The lowest BCUT2D eigenvalue weighted by Crippen LogP contribution is -2.49. The van der Waals surface area contributed by atoms with Crippen molar-refractivity contribution in [3.63, 3.8) is 0 Å². The molecule has 1 heterocycles. The predicted molar refractivity (Wildman–Crippen MR) is 69.7 cm³/mol. The molecule has 1 aromatic rings. The maximum atomic E-state index is 10.0. The molecule has 1 fully saturated rings. The van der Waals surface area contributed by atoms with Gasteiger partial charge in [-0.15, -0.1) is 0 Å². The zero-order chi connectivity index (χ0) is 14.4. The van der Waals surface area contributed by atoms with E-state index >= 15 is 0 Å². The molecule has 0 radical (unpaired) electrons. The van der Waals surface area contributed by atoms with Gasteiger partial charge in [-0.1, -0.05) is 30.3 Å². The van der Waals surface area contributed by atoms with Crippen LogP contribution in [0.5, 0.6) is 0 Å². The summed E-state index contributed by atoms with van der Waals surface area (Å²) in [4.78, 5) is 0. The quantitative estimate of drug-likeness (QED) is 0.646. The molecule has 3 N–H and O–H groups in total. The third-order valence-corrected chi connectivity index (χ3v) is 3.22. The molecule has 0 spiro atoms. The predicted octanol–water partition coefficient (Wildman–Crippen LogP) is 0.179. The van der Waals surface area contributed by atoms with Gasteiger partial charge in [0.25, 0.3) is 0 Å². The number of aliphatic hydroxyl groups excluding tert-OH is 3. The molecule has 1 aliphatic heterocycles. The smallest absolute Gasteiger partial charge is 0.184 e. The minimum atomic E-state index is -0.883. The molecule has 20 heavy (non-hydrogen) atoms. The Morgan fingerprint density at radius 2 is 2.00 bits per heavy atom. The van der Waals surface area contributed by atoms with E-state index in [0.29, 0.717) is 0 Å². The van der Waals surface area contributed by atoms with Crippen molar-refractivity contribution in [2.45, 2.75) is 31.0 Å². The Labute approximate surface area is 117 Å². The van der Waals surface area contributed by atoms with Crippen LogP contribution in [0, 0.1) is 0 Å². The van der Waals surface area contributed by atoms with Gasteiger partial charge in [0.05, 0.1) is 12.7 Å². The van der Waals surface area contributed by atoms with Gasteiger partial charge in [0, 0.05) is 12.2 Å². The molecule has 6 nitrogen and oxygen atoms in total. The summed E-state index contributed by atoms with van der Waals surface area (Å²) in [6, 6.07) is 9.37. The van der Waals surface area contributed by atoms with Crippen LogP contribution in [-0.4, -0.2) is 53.6 Å². The Kier molecular flexibility index (Phi) is 5.90. The summed E-state index contributed by atoms with van der Waals surface area (Å²) < 4.78 is 16.4. The van der Waals surface area contributed by atoms with Crippen molar-refractivity contribution in [1.29, 1.82) is 0 Å². The van der Waals surface area contributed by atoms with Crippen LogP contribution >= 0.6 is 0 Å². The molecule has 112 valence electrons. The monoisotopic (exact) mass is 284 g/mol. The van der Waals surface area contributed by atoms with Crippen molar-refractivity contribution in [2.24, 2.45) is 0 Å². The van der Waals surface area contributed by atoms with E-state index in [9.17, 15) is 5.11 Å². The van der Waals surface area contributed by atoms with E-state index < -0.39 is 31.4 Å². The van der Waals surface area contributed by atoms with Crippen molar-refractivity contribution >= 4 is 0 Å². The molecule has 0 amide bonds. The van der Waals surface area contributed by atoms with Crippen LogP contribution in [0.3, 0.4) is 0 Å². The standard InChI is InChI=1S/C14H20O6/c15-7-6-11(17)13-12(19-9-16)8-18-14(20-13)10-4-2-1-3-5-10/h1-5,11-17H,6-9H2/t11-,12-,13+,14?/m1/s1. The molecule has 6 heteroatoms. The second-order valence-electron chi connectivity index (χ2n) is 4.59. The first-order chi connectivity index (χ1) is 9.76. The summed E-state index contributed by atoms with van der Waals surface area (Å²) in [5, 5.41) is 27.8. The first kappa shape index (κ1) is 15.4. The third kappa shape index (κ3) is 3.76. The maximum Gasteiger partial charge on any atom is 0.184 e. The van der Waals surface area contributed by atoms with Crippen LogP contribution in [-0.2, 0) is 14.2 Å². The molecule has 0 bridgehead atoms. The lowest BCUT2D eigenvalue weighted by atomic mass is 10.0. The molecule has 2 rings (SSSR count). The second-order valence-corrected chi connectivity index (χ2v) is 4.59. The van der Waals surface area contributed by atoms with E-state index in [1.807, 2.05) is 30.3 Å². The van der Waals surface area contributed by atoms with Crippen molar-refractivity contribution in [1.82, 2.24) is 0 Å². The van der Waals surface area contributed by atoms with Crippen molar-refractivity contribution < 1.29 is 29.5 Å². The van der Waals surface area contributed by atoms with E-state index in [2.05, 4.69) is 0 Å². The highest BCUT2D eigenvalue weighted by Gasteiger charge is 2.37. The maximum absolute atomic E-state index is 10.0. The average molecular weight is 284 g/mol. The fraction of sp³-hybridized carbons (Fsp3) is 0.571. The highest BCUT2D eigenvalue weighted by molar-refractivity contribution is 5.16. The number of rotatable bonds is 6. The van der Waals surface area contributed by atoms with Crippen LogP contribution in [0.15, 0.2) is 30.3 Å². The Morgan fingerprint density at radius 1 is 1.25 bits per heavy atom. The summed E-state index contributed by atoms with van der Waals surface area (Å²) in [6.07, 6.45) is -2.52. The fourth-order valence-electron chi connectivity index (χ4n) is 2.21. The van der Waals surface area contributed by atoms with Gasteiger partial charge >= 0.3 is 0 Å². The van der Waals surface area contributed by atoms with Gasteiger partial charge in [0.15, 0.2) is 6.29 Å². The number of hydrogen-bond acceptors (Lipinski definition) is 6. The van der Waals surface area contributed by atoms with Crippen molar-refractivity contribution in [2.75, 3.05) is 20.0 Å². The van der Waals surface area contributed by atoms with Gasteiger partial charge in [-0.2, -0.15) is 0 Å². The Morgan fingerprint density at radius 3 is 2.65 bits per heavy atom. The average Bonchev–Trinajstić information content (AvgIpc) is 2.49. The SMILES string of the molecule is OCC[C@@H](O)[C@@H]1OC(c2ccccc2)OC[C@H]1OCO. The Bertz CT molecular complexity index is 385. The molecule has 4 atom stereocenters. The minimum Gasteiger partial charge on any atom is -0.396 e. The molecule has 0 aliphatic carbocycles. The van der Waals surface area contributed by atoms with Crippen LogP contribution in [0.4, 0.5) is 0 Å². The van der Waals surface area contributed by atoms with E-state index in [-0.39, 0.29) is 19.6 Å². The zero-order valence-electron chi connectivity index (χ0n) is 11.1. The number of hydrogen-bond donors (Lipinski definition) is 3. The minimum absolute atomic E-state index is 0.149. The first-order valence-corrected chi connectivity index (χ1v) is 6.59. The van der Waals surface area contributed by atoms with Gasteiger partial charge in [-0.05, 0) is 6.42 Å². The number of aliphatic hydroxyl groups is 3. The molecule has 0 saturated carbocycles. The van der Waals surface area contributed by atoms with Gasteiger partial charge in [0.2, 0.25) is 0 Å². The van der Waals surface area contributed by atoms with Gasteiger partial charge < -0.3 is 29.5 Å². The van der Waals surface area contributed by atoms with Crippen molar-refractivity contribution in [3.05, 3.63) is 35.9 Å². The second kappa shape index (κ2) is 7.68. The van der Waals surface area contributed by atoms with Gasteiger partial charge in [0.1, 0.15) is 19.0 Å². The highest BCUT2D eigenvalue weighted by atomic mass is 16.7. The Hall–Kier alpha value is -1.02. The highest BCUT2D eigenvalue weighted by Crippen LogP contribution is 2.29. The van der Waals surface area contributed by atoms with E-state index in [0.717, 1.165) is 5.56 Å². The van der Waals surface area contributed by atoms with Gasteiger partial charge in [-0.25, -0.2) is 0 Å². The summed E-state index contributed by atoms with van der Waals surface area (Å²) in [5.41, 5.74) is 0.844. The topological polar surface area (TPSA) is 88.4 Å². The molecule has 0 aromatic heterocycles. The number of ether oxygens (including phenoxy) is 3. The molecule has 1 unspecified atom stereocenters. The molecular weight excluding hydrogens is 264 g/mol. The Balaban J connectivity index is 2.07. The lowest BCUT2D eigenvalue weighted by molar-refractivity contribution is -0.292. The summed E-state index contributed by atoms with van der Waals surface area (Å²) in [5.74, 6) is 0. The van der Waals surface area contributed by atoms with Gasteiger partial charge in [-0.3, -0.25) is 0 Å². The largest absolute Gasteiger partial charge is 0.396 e. The summed E-state index contributed by atoms with van der Waals surface area (Å²) in [7, 11) is 0. The zero-order valence-corrected chi connectivity index (χ0v) is 11.1. The van der Waals surface area contributed by atoms with E-state index in [4.69, 9.17) is 24.4 Å². The molecule has 1 aliphatic rings. The van der Waals surface area contributed by atoms with Crippen LogP contribution in [0.25, 0.3) is 0 Å². The molecule has 1 saturated heterocycles. The third-order valence-electron chi connectivity index (χ3n) is 3.22. The van der Waals surface area contributed by atoms with E-state index in [1.165, 1.54) is 0 Å². The lowest BCUT2D eigenvalue weighted by Gasteiger charge is -2.38. The summed E-state index contributed by atoms with van der Waals surface area (Å²) in [6.45, 7) is -0.424. The van der Waals surface area contributed by atoms with Crippen LogP contribution < -0.4 is 0 Å². The van der Waals surface area contributed by atoms with Crippen LogP contribution in [0.2, 0.25) is 0 Å². The van der Waals surface area contributed by atoms with Crippen molar-refractivity contribution in [3.8, 4) is 0 Å². The first-order valence-electron chi connectivity index (χ1n) is 6.59. The van der Waals surface area contributed by atoms with E-state index in [1.54, 1.807) is 0 Å². The molecule has 1 aromatic carbocycles. The normalized spacial score (nSPS) is 28.2. The summed E-state index contributed by atoms with van der Waals surface area (Å²) >= 11 is 0. The van der Waals surface area contributed by atoms with Crippen LogP contribution in [0.1, 0.15) is 18.3 Å². The fourth-order valence-corrected chi connectivity index (χ4v) is 2.21.